The van der Waals surface area contributed by atoms with E-state index in [2.05, 4.69) is 15.4 Å². The van der Waals surface area contributed by atoms with Gasteiger partial charge in [0.1, 0.15) is 5.82 Å². The van der Waals surface area contributed by atoms with Crippen molar-refractivity contribution in [1.82, 2.24) is 14.6 Å². The summed E-state index contributed by atoms with van der Waals surface area (Å²) in [7, 11) is 0. The fourth-order valence-electron chi connectivity index (χ4n) is 1.66. The molecule has 0 bridgehead atoms. The number of hydrogen-bond donors (Lipinski definition) is 2. The first-order chi connectivity index (χ1) is 7.99. The number of carboxylic acids is 1. The fraction of sp³-hybridized carbons (Fsp3) is 0.364. The van der Waals surface area contributed by atoms with Gasteiger partial charge in [0.05, 0.1) is 5.69 Å². The van der Waals surface area contributed by atoms with Gasteiger partial charge < -0.3 is 10.4 Å². The first-order valence-electron chi connectivity index (χ1n) is 5.35. The number of anilines is 1. The number of aryl methyl sites for hydroxylation is 1. The molecule has 0 aliphatic rings. The van der Waals surface area contributed by atoms with Crippen molar-refractivity contribution in [3.05, 3.63) is 23.5 Å². The fourth-order valence-corrected chi connectivity index (χ4v) is 1.66. The average Bonchev–Trinajstić information content (AvgIpc) is 2.52. The van der Waals surface area contributed by atoms with E-state index in [9.17, 15) is 4.79 Å². The molecule has 2 aromatic heterocycles. The van der Waals surface area contributed by atoms with Crippen LogP contribution in [0.4, 0.5) is 5.82 Å². The van der Waals surface area contributed by atoms with Gasteiger partial charge >= 0.3 is 5.97 Å². The van der Waals surface area contributed by atoms with Crippen molar-refractivity contribution < 1.29 is 9.90 Å². The van der Waals surface area contributed by atoms with Crippen LogP contribution in [0.3, 0.4) is 0 Å². The largest absolute Gasteiger partial charge is 0.476 e. The molecule has 2 aromatic rings. The Morgan fingerprint density at radius 3 is 2.76 bits per heavy atom. The zero-order valence-electron chi connectivity index (χ0n) is 9.93. The summed E-state index contributed by atoms with van der Waals surface area (Å²) in [6.07, 6.45) is 0. The van der Waals surface area contributed by atoms with Crippen LogP contribution < -0.4 is 5.32 Å². The maximum absolute atomic E-state index is 11.1. The molecule has 0 spiro atoms. The van der Waals surface area contributed by atoms with Crippen LogP contribution in [0, 0.1) is 6.92 Å². The highest BCUT2D eigenvalue weighted by Gasteiger charge is 2.16. The molecule has 0 aliphatic heterocycles. The van der Waals surface area contributed by atoms with Crippen molar-refractivity contribution in [1.29, 1.82) is 0 Å². The first kappa shape index (κ1) is 11.4. The predicted molar refractivity (Wildman–Crippen MR) is 63.4 cm³/mol. The first-order valence-corrected chi connectivity index (χ1v) is 5.35. The van der Waals surface area contributed by atoms with E-state index in [0.29, 0.717) is 17.2 Å². The van der Waals surface area contributed by atoms with E-state index in [4.69, 9.17) is 5.11 Å². The molecule has 2 N–H and O–H groups in total. The summed E-state index contributed by atoms with van der Waals surface area (Å²) in [5.74, 6) is -0.392. The van der Waals surface area contributed by atoms with Crippen molar-refractivity contribution >= 4 is 17.4 Å². The number of carboxylic acid groups (broad SMARTS) is 1. The molecule has 6 heteroatoms. The number of nitrogens with one attached hydrogen (secondary N) is 1. The highest BCUT2D eigenvalue weighted by Crippen LogP contribution is 2.13. The van der Waals surface area contributed by atoms with E-state index in [1.165, 1.54) is 4.52 Å². The number of aromatic carboxylic acids is 1. The number of rotatable bonds is 3. The SMILES string of the molecule is Cc1nc2ccc(NC(C)C)nn2c1C(=O)O. The minimum atomic E-state index is -1.02. The molecule has 0 fully saturated rings. The quantitative estimate of drug-likeness (QED) is 0.842. The molecule has 0 aromatic carbocycles. The Morgan fingerprint density at radius 2 is 2.18 bits per heavy atom. The number of carbonyl (C=O) groups is 1. The standard InChI is InChI=1S/C11H14N4O2/c1-6(2)12-8-4-5-9-13-7(3)10(11(16)17)15(9)14-8/h4-6H,1-3H3,(H,12,14)(H,16,17). The van der Waals surface area contributed by atoms with Crippen LogP contribution >= 0.6 is 0 Å². The molecule has 0 amide bonds. The Balaban J connectivity index is 2.58. The van der Waals surface area contributed by atoms with Gasteiger partial charge in [-0.05, 0) is 32.9 Å². The summed E-state index contributed by atoms with van der Waals surface area (Å²) in [6.45, 7) is 5.64. The molecule has 2 rings (SSSR count). The van der Waals surface area contributed by atoms with Crippen LogP contribution in [0.15, 0.2) is 12.1 Å². The summed E-state index contributed by atoms with van der Waals surface area (Å²) in [6, 6.07) is 3.77. The lowest BCUT2D eigenvalue weighted by Gasteiger charge is -2.08. The van der Waals surface area contributed by atoms with Crippen LogP contribution in [0.2, 0.25) is 0 Å². The minimum Gasteiger partial charge on any atom is -0.476 e. The molecule has 6 nitrogen and oxygen atoms in total. The average molecular weight is 234 g/mol. The number of nitrogens with zero attached hydrogens (tertiary/aromatic N) is 3. The monoisotopic (exact) mass is 234 g/mol. The summed E-state index contributed by atoms with van der Waals surface area (Å²) >= 11 is 0. The van der Waals surface area contributed by atoms with Crippen molar-refractivity contribution in [2.45, 2.75) is 26.8 Å². The summed E-state index contributed by atoms with van der Waals surface area (Å²) in [4.78, 5) is 15.3. The second-order valence-corrected chi connectivity index (χ2v) is 4.14. The van der Waals surface area contributed by atoms with Gasteiger partial charge in [0.15, 0.2) is 11.3 Å². The van der Waals surface area contributed by atoms with E-state index >= 15 is 0 Å². The second-order valence-electron chi connectivity index (χ2n) is 4.14. The molecule has 2 heterocycles. The van der Waals surface area contributed by atoms with Gasteiger partial charge in [-0.25, -0.2) is 14.3 Å². The van der Waals surface area contributed by atoms with Gasteiger partial charge in [-0.1, -0.05) is 0 Å². The smallest absolute Gasteiger partial charge is 0.356 e. The number of imidazole rings is 1. The third-order valence-electron chi connectivity index (χ3n) is 2.29. The Labute approximate surface area is 98.3 Å². The summed E-state index contributed by atoms with van der Waals surface area (Å²) in [5.41, 5.74) is 1.10. The van der Waals surface area contributed by atoms with Gasteiger partial charge in [-0.3, -0.25) is 0 Å². The van der Waals surface area contributed by atoms with Gasteiger partial charge in [-0.15, -0.1) is 5.10 Å². The summed E-state index contributed by atoms with van der Waals surface area (Å²) in [5, 5.41) is 16.4. The molecular formula is C11H14N4O2. The number of hydrogen-bond acceptors (Lipinski definition) is 4. The molecule has 0 aliphatic carbocycles. The van der Waals surface area contributed by atoms with Crippen LogP contribution in [-0.2, 0) is 0 Å². The Bertz CT molecular complexity index is 574. The number of aromatic nitrogens is 3. The lowest BCUT2D eigenvalue weighted by Crippen LogP contribution is -2.13. The van der Waals surface area contributed by atoms with Gasteiger partial charge in [0.2, 0.25) is 0 Å². The summed E-state index contributed by atoms with van der Waals surface area (Å²) < 4.78 is 1.35. The lowest BCUT2D eigenvalue weighted by molar-refractivity contribution is 0.0687. The third kappa shape index (κ3) is 2.06. The Hall–Kier alpha value is -2.11. The number of fused-ring (bicyclic) bond motifs is 1. The van der Waals surface area contributed by atoms with Crippen molar-refractivity contribution in [2.24, 2.45) is 0 Å². The van der Waals surface area contributed by atoms with Crippen LogP contribution in [-0.4, -0.2) is 31.7 Å². The lowest BCUT2D eigenvalue weighted by atomic mass is 10.3. The topological polar surface area (TPSA) is 79.5 Å². The van der Waals surface area contributed by atoms with Crippen LogP contribution in [0.1, 0.15) is 30.0 Å². The maximum atomic E-state index is 11.1. The van der Waals surface area contributed by atoms with E-state index in [1.807, 2.05) is 13.8 Å². The van der Waals surface area contributed by atoms with E-state index in [1.54, 1.807) is 19.1 Å². The highest BCUT2D eigenvalue weighted by molar-refractivity contribution is 5.88. The van der Waals surface area contributed by atoms with Crippen LogP contribution in [0.25, 0.3) is 5.65 Å². The molecule has 0 unspecified atom stereocenters. The van der Waals surface area contributed by atoms with Gasteiger partial charge in [0.25, 0.3) is 0 Å². The molecule has 0 atom stereocenters. The maximum Gasteiger partial charge on any atom is 0.356 e. The van der Waals surface area contributed by atoms with E-state index in [0.717, 1.165) is 0 Å². The zero-order valence-corrected chi connectivity index (χ0v) is 9.93. The van der Waals surface area contributed by atoms with Crippen molar-refractivity contribution in [3.8, 4) is 0 Å². The van der Waals surface area contributed by atoms with Gasteiger partial charge in [0, 0.05) is 6.04 Å². The van der Waals surface area contributed by atoms with E-state index < -0.39 is 5.97 Å². The van der Waals surface area contributed by atoms with Crippen molar-refractivity contribution in [2.75, 3.05) is 5.32 Å². The zero-order chi connectivity index (χ0) is 12.6. The highest BCUT2D eigenvalue weighted by atomic mass is 16.4. The molecule has 17 heavy (non-hydrogen) atoms. The van der Waals surface area contributed by atoms with E-state index in [-0.39, 0.29) is 11.7 Å². The molecule has 0 saturated heterocycles. The normalized spacial score (nSPS) is 11.1. The molecule has 90 valence electrons. The third-order valence-corrected chi connectivity index (χ3v) is 2.29. The van der Waals surface area contributed by atoms with Gasteiger partial charge in [-0.2, -0.15) is 0 Å². The predicted octanol–water partition coefficient (Wildman–Crippen LogP) is 1.56. The van der Waals surface area contributed by atoms with Crippen molar-refractivity contribution in [3.63, 3.8) is 0 Å². The molecule has 0 saturated carbocycles. The second kappa shape index (κ2) is 4.04. The molecule has 0 radical (unpaired) electrons. The van der Waals surface area contributed by atoms with Crippen LogP contribution in [0.5, 0.6) is 0 Å². The molecular weight excluding hydrogens is 220 g/mol. The Kier molecular flexibility index (Phi) is 2.71. The minimum absolute atomic E-state index is 0.104. The Morgan fingerprint density at radius 1 is 1.47 bits per heavy atom.